The Kier molecular flexibility index (Phi) is 5.97. The molecule has 3 aromatic rings. The van der Waals surface area contributed by atoms with Crippen molar-refractivity contribution >= 4 is 28.8 Å². The molecular formula is C26H22ClF2N3O5S. The SMILES string of the molecule is COC1CC2(/C=C/COc3c(ccc(F)c3F)C(c3ccsc3Cl)N3CN2C(=O)c2c(O)c(=O)ccn23)C1. The first-order valence-electron chi connectivity index (χ1n) is 11.8. The van der Waals surface area contributed by atoms with Crippen molar-refractivity contribution in [3.8, 4) is 11.5 Å². The number of hydrogen-bond acceptors (Lipinski definition) is 7. The first-order chi connectivity index (χ1) is 18.3. The Bertz CT molecular complexity index is 1530. The van der Waals surface area contributed by atoms with Gasteiger partial charge in [-0.3, -0.25) is 19.3 Å². The summed E-state index contributed by atoms with van der Waals surface area (Å²) in [4.78, 5) is 27.9. The molecule has 1 amide bonds. The number of methoxy groups -OCH3 is 1. The van der Waals surface area contributed by atoms with E-state index in [1.807, 2.05) is 0 Å². The maximum atomic E-state index is 15.2. The number of hydrogen-bond donors (Lipinski definition) is 1. The fourth-order valence-electron chi connectivity index (χ4n) is 5.52. The van der Waals surface area contributed by atoms with Crippen LogP contribution in [0, 0.1) is 11.6 Å². The van der Waals surface area contributed by atoms with Gasteiger partial charge in [-0.2, -0.15) is 4.39 Å². The molecule has 4 heterocycles. The molecule has 1 N–H and O–H groups in total. The number of nitrogens with zero attached hydrogens (tertiary/aromatic N) is 3. The van der Waals surface area contributed by atoms with Crippen molar-refractivity contribution in [1.82, 2.24) is 9.58 Å². The summed E-state index contributed by atoms with van der Waals surface area (Å²) in [5.41, 5.74) is -0.971. The predicted octanol–water partition coefficient (Wildman–Crippen LogP) is 4.18. The number of pyridine rings is 1. The Balaban J connectivity index is 1.65. The number of carbonyl (C=O) groups excluding carboxylic acids is 1. The Morgan fingerprint density at radius 1 is 1.18 bits per heavy atom. The summed E-state index contributed by atoms with van der Waals surface area (Å²) >= 11 is 7.85. The van der Waals surface area contributed by atoms with Crippen molar-refractivity contribution in [1.29, 1.82) is 0 Å². The highest BCUT2D eigenvalue weighted by Gasteiger charge is 2.53. The molecule has 1 spiro atoms. The van der Waals surface area contributed by atoms with Crippen molar-refractivity contribution in [3.05, 3.63) is 91.0 Å². The normalized spacial score (nSPS) is 25.2. The third kappa shape index (κ3) is 3.63. The first kappa shape index (κ1) is 24.9. The van der Waals surface area contributed by atoms with Gasteiger partial charge in [0.15, 0.2) is 23.0 Å². The Labute approximate surface area is 224 Å². The smallest absolute Gasteiger partial charge is 0.278 e. The fraction of sp³-hybridized carbons (Fsp3) is 0.308. The molecule has 1 aromatic carbocycles. The highest BCUT2D eigenvalue weighted by atomic mass is 35.5. The highest BCUT2D eigenvalue weighted by Crippen LogP contribution is 2.47. The van der Waals surface area contributed by atoms with Gasteiger partial charge in [0.05, 0.1) is 16.0 Å². The van der Waals surface area contributed by atoms with Crippen molar-refractivity contribution in [2.45, 2.75) is 30.5 Å². The molecule has 38 heavy (non-hydrogen) atoms. The molecule has 8 nitrogen and oxygen atoms in total. The summed E-state index contributed by atoms with van der Waals surface area (Å²) in [6.45, 7) is -0.112. The lowest BCUT2D eigenvalue weighted by molar-refractivity contribution is -0.0602. The molecule has 6 rings (SSSR count). The van der Waals surface area contributed by atoms with E-state index in [0.29, 0.717) is 22.7 Å². The minimum absolute atomic E-state index is 0.0236. The summed E-state index contributed by atoms with van der Waals surface area (Å²) in [6, 6.07) is 4.43. The second-order valence-corrected chi connectivity index (χ2v) is 11.0. The molecule has 2 aliphatic heterocycles. The van der Waals surface area contributed by atoms with Crippen LogP contribution < -0.4 is 15.2 Å². The van der Waals surface area contributed by atoms with E-state index in [-0.39, 0.29) is 36.4 Å². The van der Waals surface area contributed by atoms with E-state index in [4.69, 9.17) is 21.1 Å². The zero-order chi connectivity index (χ0) is 26.8. The number of benzene rings is 1. The molecule has 1 fully saturated rings. The van der Waals surface area contributed by atoms with E-state index in [0.717, 1.165) is 12.1 Å². The minimum atomic E-state index is -1.16. The van der Waals surface area contributed by atoms with E-state index >= 15 is 4.39 Å². The molecule has 2 bridgehead atoms. The Morgan fingerprint density at radius 2 is 1.97 bits per heavy atom. The van der Waals surface area contributed by atoms with Crippen LogP contribution in [-0.2, 0) is 4.74 Å². The van der Waals surface area contributed by atoms with Crippen LogP contribution in [0.2, 0.25) is 4.34 Å². The van der Waals surface area contributed by atoms with Gasteiger partial charge in [-0.25, -0.2) is 4.39 Å². The Hall–Kier alpha value is -3.41. The molecule has 1 unspecified atom stereocenters. The van der Waals surface area contributed by atoms with Gasteiger partial charge in [-0.1, -0.05) is 17.7 Å². The summed E-state index contributed by atoms with van der Waals surface area (Å²) in [5, 5.41) is 14.3. The van der Waals surface area contributed by atoms with Gasteiger partial charge in [0.2, 0.25) is 11.2 Å². The molecule has 198 valence electrons. The lowest BCUT2D eigenvalue weighted by Crippen LogP contribution is -2.67. The standard InChI is InChI=1S/C26H22ClF2N3O5S/c1-36-14-11-26(12-14)7-2-9-37-23-15(3-4-17(28)19(23)29)20(16-6-10-38-24(16)27)32-13-30(26)25(35)21-22(34)18(33)5-8-31(21)32/h2-8,10,14,20,34H,9,11-13H2,1H3/b7-2+. The van der Waals surface area contributed by atoms with Gasteiger partial charge in [0, 0.05) is 43.3 Å². The van der Waals surface area contributed by atoms with E-state index in [9.17, 15) is 19.1 Å². The van der Waals surface area contributed by atoms with Crippen LogP contribution in [0.4, 0.5) is 8.78 Å². The first-order valence-corrected chi connectivity index (χ1v) is 13.1. The summed E-state index contributed by atoms with van der Waals surface area (Å²) in [7, 11) is 1.59. The molecule has 3 aliphatic rings. The van der Waals surface area contributed by atoms with Gasteiger partial charge < -0.3 is 19.5 Å². The van der Waals surface area contributed by atoms with Crippen LogP contribution in [0.25, 0.3) is 0 Å². The second-order valence-electron chi connectivity index (χ2n) is 9.45. The van der Waals surface area contributed by atoms with Gasteiger partial charge >= 0.3 is 0 Å². The number of amides is 1. The monoisotopic (exact) mass is 561 g/mol. The number of ether oxygens (including phenoxy) is 2. The number of thiophene rings is 1. The quantitative estimate of drug-likeness (QED) is 0.473. The number of fused-ring (bicyclic) bond motifs is 6. The average Bonchev–Trinajstić information content (AvgIpc) is 3.29. The highest BCUT2D eigenvalue weighted by molar-refractivity contribution is 7.14. The number of carbonyl (C=O) groups is 1. The second kappa shape index (κ2) is 9.11. The van der Waals surface area contributed by atoms with E-state index < -0.39 is 40.3 Å². The number of aromatic hydroxyl groups is 1. The fourth-order valence-corrected chi connectivity index (χ4v) is 6.49. The lowest BCUT2D eigenvalue weighted by atomic mass is 9.72. The van der Waals surface area contributed by atoms with Gasteiger partial charge in [-0.15, -0.1) is 11.3 Å². The topological polar surface area (TPSA) is 84.2 Å². The van der Waals surface area contributed by atoms with Crippen LogP contribution in [0.3, 0.4) is 0 Å². The van der Waals surface area contributed by atoms with Crippen LogP contribution >= 0.6 is 22.9 Å². The van der Waals surface area contributed by atoms with Crippen LogP contribution in [-0.4, -0.2) is 52.6 Å². The maximum absolute atomic E-state index is 15.2. The molecule has 0 saturated heterocycles. The zero-order valence-corrected chi connectivity index (χ0v) is 21.6. The Morgan fingerprint density at radius 3 is 2.68 bits per heavy atom. The number of aromatic nitrogens is 1. The minimum Gasteiger partial charge on any atom is -0.502 e. The molecule has 2 aromatic heterocycles. The molecule has 1 atom stereocenters. The van der Waals surface area contributed by atoms with Gasteiger partial charge in [0.1, 0.15) is 19.3 Å². The van der Waals surface area contributed by atoms with Crippen molar-refractivity contribution < 1.29 is 28.2 Å². The summed E-state index contributed by atoms with van der Waals surface area (Å²) < 4.78 is 42.7. The third-order valence-electron chi connectivity index (χ3n) is 7.46. The van der Waals surface area contributed by atoms with Crippen LogP contribution in [0.15, 0.2) is 52.8 Å². The summed E-state index contributed by atoms with van der Waals surface area (Å²) in [5.74, 6) is -3.78. The van der Waals surface area contributed by atoms with Gasteiger partial charge in [-0.05, 0) is 29.7 Å². The van der Waals surface area contributed by atoms with E-state index in [2.05, 4.69) is 0 Å². The largest absolute Gasteiger partial charge is 0.502 e. The number of rotatable bonds is 2. The van der Waals surface area contributed by atoms with Gasteiger partial charge in [0.25, 0.3) is 5.91 Å². The predicted molar refractivity (Wildman–Crippen MR) is 137 cm³/mol. The average molecular weight is 562 g/mol. The molecular weight excluding hydrogens is 540 g/mol. The lowest BCUT2D eigenvalue weighted by Gasteiger charge is -2.55. The zero-order valence-electron chi connectivity index (χ0n) is 20.1. The van der Waals surface area contributed by atoms with E-state index in [1.54, 1.807) is 40.6 Å². The molecule has 12 heteroatoms. The third-order valence-corrected chi connectivity index (χ3v) is 8.66. The summed E-state index contributed by atoms with van der Waals surface area (Å²) in [6.07, 6.45) is 5.62. The van der Waals surface area contributed by atoms with E-state index in [1.165, 1.54) is 28.3 Å². The maximum Gasteiger partial charge on any atom is 0.278 e. The van der Waals surface area contributed by atoms with Crippen molar-refractivity contribution in [3.63, 3.8) is 0 Å². The van der Waals surface area contributed by atoms with Crippen LogP contribution in [0.1, 0.15) is 40.5 Å². The molecule has 0 radical (unpaired) electrons. The number of halogens is 3. The molecule has 1 saturated carbocycles. The molecule has 1 aliphatic carbocycles. The van der Waals surface area contributed by atoms with Crippen LogP contribution in [0.5, 0.6) is 11.5 Å². The van der Waals surface area contributed by atoms with Crippen molar-refractivity contribution in [2.75, 3.05) is 25.4 Å². The van der Waals surface area contributed by atoms with Crippen molar-refractivity contribution in [2.24, 2.45) is 0 Å².